The van der Waals surface area contributed by atoms with Gasteiger partial charge in [-0.15, -0.1) is 0 Å². The average Bonchev–Trinajstić information content (AvgIpc) is 3.43. The van der Waals surface area contributed by atoms with Gasteiger partial charge in [0.05, 0.1) is 17.6 Å². The topological polar surface area (TPSA) is 80.5 Å². The SMILES string of the molecule is N#Cc1ccnc(N2CCN(C(=O)C3CC(=O)N(C4CC4)C3)CC2)c1. The first-order chi connectivity index (χ1) is 12.2. The molecular formula is C18H21N5O2. The van der Waals surface area contributed by atoms with Crippen molar-refractivity contribution in [2.75, 3.05) is 37.6 Å². The zero-order valence-electron chi connectivity index (χ0n) is 14.1. The van der Waals surface area contributed by atoms with E-state index in [2.05, 4.69) is 16.0 Å². The van der Waals surface area contributed by atoms with Gasteiger partial charge in [-0.2, -0.15) is 5.26 Å². The van der Waals surface area contributed by atoms with Crippen LogP contribution in [0.1, 0.15) is 24.8 Å². The molecule has 1 saturated carbocycles. The van der Waals surface area contributed by atoms with Gasteiger partial charge in [0, 0.05) is 51.4 Å². The summed E-state index contributed by atoms with van der Waals surface area (Å²) < 4.78 is 0. The van der Waals surface area contributed by atoms with Gasteiger partial charge in [0.15, 0.2) is 0 Å². The summed E-state index contributed by atoms with van der Waals surface area (Å²) in [5, 5.41) is 9.00. The summed E-state index contributed by atoms with van der Waals surface area (Å²) in [5.74, 6) is 0.841. The smallest absolute Gasteiger partial charge is 0.228 e. The second kappa shape index (κ2) is 6.36. The van der Waals surface area contributed by atoms with Crippen molar-refractivity contribution in [1.29, 1.82) is 5.26 Å². The quantitative estimate of drug-likeness (QED) is 0.806. The molecule has 1 aromatic rings. The van der Waals surface area contributed by atoms with Crippen molar-refractivity contribution in [1.82, 2.24) is 14.8 Å². The van der Waals surface area contributed by atoms with Crippen LogP contribution in [0.5, 0.6) is 0 Å². The van der Waals surface area contributed by atoms with Gasteiger partial charge in [-0.3, -0.25) is 9.59 Å². The maximum atomic E-state index is 12.7. The number of pyridine rings is 1. The van der Waals surface area contributed by atoms with E-state index in [1.54, 1.807) is 18.3 Å². The maximum absolute atomic E-state index is 12.7. The number of piperazine rings is 1. The van der Waals surface area contributed by atoms with Crippen molar-refractivity contribution in [2.45, 2.75) is 25.3 Å². The molecule has 7 nitrogen and oxygen atoms in total. The zero-order chi connectivity index (χ0) is 17.4. The monoisotopic (exact) mass is 339 g/mol. The molecular weight excluding hydrogens is 318 g/mol. The Morgan fingerprint density at radius 1 is 1.24 bits per heavy atom. The first-order valence-electron chi connectivity index (χ1n) is 8.85. The lowest BCUT2D eigenvalue weighted by atomic mass is 10.1. The number of nitrogens with zero attached hydrogens (tertiary/aromatic N) is 5. The number of aromatic nitrogens is 1. The van der Waals surface area contributed by atoms with Gasteiger partial charge >= 0.3 is 0 Å². The molecule has 25 heavy (non-hydrogen) atoms. The molecule has 3 heterocycles. The molecule has 0 bridgehead atoms. The predicted octanol–water partition coefficient (Wildman–Crippen LogP) is 0.613. The molecule has 1 unspecified atom stereocenters. The summed E-state index contributed by atoms with van der Waals surface area (Å²) in [7, 11) is 0. The van der Waals surface area contributed by atoms with E-state index < -0.39 is 0 Å². The van der Waals surface area contributed by atoms with E-state index in [0.29, 0.717) is 50.7 Å². The number of carbonyl (C=O) groups excluding carboxylic acids is 2. The molecule has 3 fully saturated rings. The van der Waals surface area contributed by atoms with Crippen LogP contribution in [-0.2, 0) is 9.59 Å². The van der Waals surface area contributed by atoms with Crippen molar-refractivity contribution in [3.8, 4) is 6.07 Å². The Kier molecular flexibility index (Phi) is 4.04. The van der Waals surface area contributed by atoms with E-state index >= 15 is 0 Å². The highest BCUT2D eigenvalue weighted by Crippen LogP contribution is 2.33. The number of carbonyl (C=O) groups is 2. The first-order valence-corrected chi connectivity index (χ1v) is 8.85. The highest BCUT2D eigenvalue weighted by atomic mass is 16.2. The van der Waals surface area contributed by atoms with Gasteiger partial charge in [-0.05, 0) is 25.0 Å². The van der Waals surface area contributed by atoms with Crippen LogP contribution in [-0.4, -0.2) is 65.4 Å². The molecule has 2 amide bonds. The Morgan fingerprint density at radius 3 is 2.68 bits per heavy atom. The summed E-state index contributed by atoms with van der Waals surface area (Å²) in [6, 6.07) is 5.98. The van der Waals surface area contributed by atoms with E-state index in [1.165, 1.54) is 0 Å². The zero-order valence-corrected chi connectivity index (χ0v) is 14.1. The van der Waals surface area contributed by atoms with Crippen LogP contribution in [0.3, 0.4) is 0 Å². The van der Waals surface area contributed by atoms with E-state index in [-0.39, 0.29) is 17.7 Å². The Balaban J connectivity index is 1.34. The van der Waals surface area contributed by atoms with Gasteiger partial charge in [0.1, 0.15) is 5.82 Å². The van der Waals surface area contributed by atoms with Gasteiger partial charge in [-0.25, -0.2) is 4.98 Å². The van der Waals surface area contributed by atoms with Crippen LogP contribution in [0.2, 0.25) is 0 Å². The molecule has 130 valence electrons. The minimum Gasteiger partial charge on any atom is -0.353 e. The fraction of sp³-hybridized carbons (Fsp3) is 0.556. The molecule has 3 aliphatic rings. The van der Waals surface area contributed by atoms with Crippen LogP contribution in [0.15, 0.2) is 18.3 Å². The minimum absolute atomic E-state index is 0.106. The van der Waals surface area contributed by atoms with Gasteiger partial charge in [0.25, 0.3) is 0 Å². The highest BCUT2D eigenvalue weighted by molar-refractivity contribution is 5.89. The van der Waals surface area contributed by atoms with Gasteiger partial charge < -0.3 is 14.7 Å². The number of nitriles is 1. The molecule has 0 N–H and O–H groups in total. The van der Waals surface area contributed by atoms with Crippen LogP contribution in [0, 0.1) is 17.2 Å². The third kappa shape index (κ3) is 3.16. The van der Waals surface area contributed by atoms with Crippen molar-refractivity contribution in [3.05, 3.63) is 23.9 Å². The maximum Gasteiger partial charge on any atom is 0.228 e. The summed E-state index contributed by atoms with van der Waals surface area (Å²) >= 11 is 0. The number of anilines is 1. The number of likely N-dealkylation sites (tertiary alicyclic amines) is 1. The summed E-state index contributed by atoms with van der Waals surface area (Å²) in [5.41, 5.74) is 0.591. The standard InChI is InChI=1S/C18H21N5O2/c19-11-13-3-4-20-16(9-13)21-5-7-22(8-6-21)18(25)14-10-17(24)23(12-14)15-1-2-15/h3-4,9,14-15H,1-2,5-8,10,12H2. The molecule has 1 aromatic heterocycles. The lowest BCUT2D eigenvalue weighted by Gasteiger charge is -2.36. The van der Waals surface area contributed by atoms with Crippen molar-refractivity contribution in [2.24, 2.45) is 5.92 Å². The number of hydrogen-bond acceptors (Lipinski definition) is 5. The van der Waals surface area contributed by atoms with E-state index in [9.17, 15) is 9.59 Å². The molecule has 2 aliphatic heterocycles. The second-order valence-electron chi connectivity index (χ2n) is 7.01. The lowest BCUT2D eigenvalue weighted by Crippen LogP contribution is -2.51. The van der Waals surface area contributed by atoms with E-state index in [1.807, 2.05) is 9.80 Å². The molecule has 1 aliphatic carbocycles. The van der Waals surface area contributed by atoms with Crippen LogP contribution in [0.25, 0.3) is 0 Å². The average molecular weight is 339 g/mol. The van der Waals surface area contributed by atoms with Crippen LogP contribution >= 0.6 is 0 Å². The fourth-order valence-corrected chi connectivity index (χ4v) is 3.71. The van der Waals surface area contributed by atoms with E-state index in [0.717, 1.165) is 18.7 Å². The molecule has 2 saturated heterocycles. The molecule has 0 aromatic carbocycles. The Labute approximate surface area is 146 Å². The first kappa shape index (κ1) is 15.9. The van der Waals surface area contributed by atoms with Gasteiger partial charge in [-0.1, -0.05) is 0 Å². The Hall–Kier alpha value is -2.62. The largest absolute Gasteiger partial charge is 0.353 e. The summed E-state index contributed by atoms with van der Waals surface area (Å²) in [6.07, 6.45) is 4.17. The molecule has 0 radical (unpaired) electrons. The van der Waals surface area contributed by atoms with Crippen LogP contribution < -0.4 is 4.90 Å². The van der Waals surface area contributed by atoms with Crippen molar-refractivity contribution in [3.63, 3.8) is 0 Å². The third-order valence-electron chi connectivity index (χ3n) is 5.29. The molecule has 4 rings (SSSR count). The Morgan fingerprint density at radius 2 is 2.00 bits per heavy atom. The second-order valence-corrected chi connectivity index (χ2v) is 7.01. The Bertz CT molecular complexity index is 731. The normalized spacial score (nSPS) is 23.7. The molecule has 7 heteroatoms. The molecule has 0 spiro atoms. The predicted molar refractivity (Wildman–Crippen MR) is 90.6 cm³/mol. The highest BCUT2D eigenvalue weighted by Gasteiger charge is 2.43. The molecule has 1 atom stereocenters. The fourth-order valence-electron chi connectivity index (χ4n) is 3.71. The number of amides is 2. The number of rotatable bonds is 3. The third-order valence-corrected chi connectivity index (χ3v) is 5.29. The lowest BCUT2D eigenvalue weighted by molar-refractivity contribution is -0.136. The summed E-state index contributed by atoms with van der Waals surface area (Å²) in [6.45, 7) is 3.24. The van der Waals surface area contributed by atoms with Crippen molar-refractivity contribution >= 4 is 17.6 Å². The minimum atomic E-state index is -0.181. The van der Waals surface area contributed by atoms with Crippen LogP contribution in [0.4, 0.5) is 5.82 Å². The van der Waals surface area contributed by atoms with Gasteiger partial charge in [0.2, 0.25) is 11.8 Å². The summed E-state index contributed by atoms with van der Waals surface area (Å²) in [4.78, 5) is 35.0. The number of hydrogen-bond donors (Lipinski definition) is 0. The van der Waals surface area contributed by atoms with E-state index in [4.69, 9.17) is 5.26 Å². The van der Waals surface area contributed by atoms with Crippen molar-refractivity contribution < 1.29 is 9.59 Å².